The molecule has 1 heterocycles. The highest BCUT2D eigenvalue weighted by Gasteiger charge is 2.23. The summed E-state index contributed by atoms with van der Waals surface area (Å²) in [6, 6.07) is 2.20. The molecule has 0 radical (unpaired) electrons. The van der Waals surface area contributed by atoms with Gasteiger partial charge in [0.2, 0.25) is 6.17 Å². The maximum Gasteiger partial charge on any atom is 0.337 e. The normalized spacial score (nSPS) is 12.6. The summed E-state index contributed by atoms with van der Waals surface area (Å²) in [5.74, 6) is -0.722. The lowest BCUT2D eigenvalue weighted by molar-refractivity contribution is 0.0468. The van der Waals surface area contributed by atoms with Crippen molar-refractivity contribution in [3.8, 4) is 0 Å². The fourth-order valence-electron chi connectivity index (χ4n) is 0.973. The van der Waals surface area contributed by atoms with Gasteiger partial charge in [0.25, 0.3) is 6.43 Å². The summed E-state index contributed by atoms with van der Waals surface area (Å²) in [7, 11) is 1.14. The monoisotopic (exact) mass is 219 g/mol. The maximum absolute atomic E-state index is 12.8. The molecule has 82 valence electrons. The van der Waals surface area contributed by atoms with Crippen molar-refractivity contribution in [2.24, 2.45) is 0 Å². The van der Waals surface area contributed by atoms with E-state index in [0.717, 1.165) is 19.4 Å². The van der Waals surface area contributed by atoms with E-state index in [0.29, 0.717) is 0 Å². The molecule has 0 fully saturated rings. The van der Waals surface area contributed by atoms with Gasteiger partial charge in [-0.15, -0.1) is 0 Å². The van der Waals surface area contributed by atoms with Gasteiger partial charge in [-0.05, 0) is 12.1 Å². The molecule has 0 aliphatic carbocycles. The SMILES string of the molecule is COC(=O)c1ccnc(C(F)C(F)F)c1. The lowest BCUT2D eigenvalue weighted by atomic mass is 10.2. The van der Waals surface area contributed by atoms with Gasteiger partial charge in [-0.25, -0.2) is 18.0 Å². The van der Waals surface area contributed by atoms with E-state index in [1.807, 2.05) is 0 Å². The molecule has 0 spiro atoms. The third kappa shape index (κ3) is 2.68. The molecular weight excluding hydrogens is 211 g/mol. The van der Waals surface area contributed by atoms with Crippen molar-refractivity contribution < 1.29 is 22.7 Å². The topological polar surface area (TPSA) is 39.2 Å². The average Bonchev–Trinajstić information content (AvgIpc) is 2.27. The third-order valence-electron chi connectivity index (χ3n) is 1.71. The van der Waals surface area contributed by atoms with Crippen LogP contribution in [0, 0.1) is 0 Å². The van der Waals surface area contributed by atoms with Gasteiger partial charge in [-0.3, -0.25) is 4.98 Å². The number of rotatable bonds is 3. The number of nitrogens with zero attached hydrogens (tertiary/aromatic N) is 1. The molecule has 1 unspecified atom stereocenters. The molecule has 0 saturated carbocycles. The summed E-state index contributed by atoms with van der Waals surface area (Å²) in [6.07, 6.45) is -4.57. The number of carbonyl (C=O) groups excluding carboxylic acids is 1. The fourth-order valence-corrected chi connectivity index (χ4v) is 0.973. The van der Waals surface area contributed by atoms with Crippen molar-refractivity contribution in [1.82, 2.24) is 4.98 Å². The Balaban J connectivity index is 2.97. The Bertz CT molecular complexity index is 357. The molecule has 1 atom stereocenters. The van der Waals surface area contributed by atoms with Crippen LogP contribution >= 0.6 is 0 Å². The van der Waals surface area contributed by atoms with Crippen LogP contribution in [0.5, 0.6) is 0 Å². The number of aromatic nitrogens is 1. The minimum atomic E-state index is -3.16. The van der Waals surface area contributed by atoms with Gasteiger partial charge in [-0.2, -0.15) is 0 Å². The molecule has 0 saturated heterocycles. The highest BCUT2D eigenvalue weighted by molar-refractivity contribution is 5.89. The van der Waals surface area contributed by atoms with Gasteiger partial charge in [0.05, 0.1) is 18.4 Å². The highest BCUT2D eigenvalue weighted by Crippen LogP contribution is 2.23. The molecule has 0 aliphatic rings. The minimum Gasteiger partial charge on any atom is -0.465 e. The van der Waals surface area contributed by atoms with E-state index < -0.39 is 24.3 Å². The Kier molecular flexibility index (Phi) is 3.65. The largest absolute Gasteiger partial charge is 0.465 e. The van der Waals surface area contributed by atoms with Crippen LogP contribution in [0.25, 0.3) is 0 Å². The molecule has 0 bridgehead atoms. The Morgan fingerprint density at radius 1 is 1.47 bits per heavy atom. The van der Waals surface area contributed by atoms with Crippen LogP contribution in [0.3, 0.4) is 0 Å². The van der Waals surface area contributed by atoms with Crippen molar-refractivity contribution in [3.63, 3.8) is 0 Å². The Hall–Kier alpha value is -1.59. The predicted molar refractivity (Wildman–Crippen MR) is 45.4 cm³/mol. The fraction of sp³-hybridized carbons (Fsp3) is 0.333. The summed E-state index contributed by atoms with van der Waals surface area (Å²) in [4.78, 5) is 14.4. The number of halogens is 3. The number of esters is 1. The quantitative estimate of drug-likeness (QED) is 0.731. The zero-order chi connectivity index (χ0) is 11.4. The summed E-state index contributed by atoms with van der Waals surface area (Å²) in [6.45, 7) is 0. The predicted octanol–water partition coefficient (Wildman–Crippen LogP) is 2.14. The second-order valence-electron chi connectivity index (χ2n) is 2.70. The van der Waals surface area contributed by atoms with Crippen LogP contribution in [-0.4, -0.2) is 24.5 Å². The Morgan fingerprint density at radius 3 is 2.67 bits per heavy atom. The second kappa shape index (κ2) is 4.77. The van der Waals surface area contributed by atoms with Gasteiger partial charge in [0, 0.05) is 6.20 Å². The minimum absolute atomic E-state index is 0.00852. The van der Waals surface area contributed by atoms with Crippen LogP contribution in [0.15, 0.2) is 18.3 Å². The molecule has 0 N–H and O–H groups in total. The van der Waals surface area contributed by atoms with E-state index >= 15 is 0 Å². The Labute approximate surface area is 83.9 Å². The summed E-state index contributed by atoms with van der Waals surface area (Å²) in [5.41, 5.74) is -0.487. The summed E-state index contributed by atoms with van der Waals surface area (Å²) >= 11 is 0. The van der Waals surface area contributed by atoms with E-state index in [1.165, 1.54) is 6.07 Å². The smallest absolute Gasteiger partial charge is 0.337 e. The van der Waals surface area contributed by atoms with E-state index in [-0.39, 0.29) is 5.56 Å². The van der Waals surface area contributed by atoms with Gasteiger partial charge in [0.1, 0.15) is 0 Å². The van der Waals surface area contributed by atoms with Crippen molar-refractivity contribution in [2.45, 2.75) is 12.6 Å². The number of hydrogen-bond donors (Lipinski definition) is 0. The van der Waals surface area contributed by atoms with Crippen LogP contribution in [-0.2, 0) is 4.74 Å². The summed E-state index contributed by atoms with van der Waals surface area (Å²) in [5, 5.41) is 0. The van der Waals surface area contributed by atoms with Crippen LogP contribution in [0.1, 0.15) is 22.2 Å². The van der Waals surface area contributed by atoms with Crippen molar-refractivity contribution in [3.05, 3.63) is 29.6 Å². The first-order valence-corrected chi connectivity index (χ1v) is 4.02. The first-order valence-electron chi connectivity index (χ1n) is 4.02. The van der Waals surface area contributed by atoms with Crippen LogP contribution in [0.4, 0.5) is 13.2 Å². The molecule has 1 rings (SSSR count). The number of ether oxygens (including phenoxy) is 1. The molecule has 0 amide bonds. The molecule has 6 heteroatoms. The highest BCUT2D eigenvalue weighted by atomic mass is 19.3. The molecule has 1 aromatic rings. The number of alkyl halides is 3. The lowest BCUT2D eigenvalue weighted by Crippen LogP contribution is -2.08. The van der Waals surface area contributed by atoms with E-state index in [1.54, 1.807) is 0 Å². The Morgan fingerprint density at radius 2 is 2.13 bits per heavy atom. The molecule has 15 heavy (non-hydrogen) atoms. The number of carbonyl (C=O) groups is 1. The second-order valence-corrected chi connectivity index (χ2v) is 2.70. The van der Waals surface area contributed by atoms with Gasteiger partial charge in [0.15, 0.2) is 0 Å². The van der Waals surface area contributed by atoms with Crippen molar-refractivity contribution in [1.29, 1.82) is 0 Å². The molecule has 0 aliphatic heterocycles. The third-order valence-corrected chi connectivity index (χ3v) is 1.71. The standard InChI is InChI=1S/C9H8F3NO2/c1-15-9(14)5-2-3-13-6(4-5)7(10)8(11)12/h2-4,7-8H,1H3. The van der Waals surface area contributed by atoms with E-state index in [9.17, 15) is 18.0 Å². The number of pyridine rings is 1. The first-order chi connectivity index (χ1) is 7.06. The number of hydrogen-bond acceptors (Lipinski definition) is 3. The molecule has 1 aromatic heterocycles. The van der Waals surface area contributed by atoms with E-state index in [2.05, 4.69) is 9.72 Å². The molecular formula is C9H8F3NO2. The summed E-state index contributed by atoms with van der Waals surface area (Å²) < 4.78 is 41.2. The van der Waals surface area contributed by atoms with E-state index in [4.69, 9.17) is 0 Å². The van der Waals surface area contributed by atoms with Gasteiger partial charge in [-0.1, -0.05) is 0 Å². The zero-order valence-electron chi connectivity index (χ0n) is 7.78. The van der Waals surface area contributed by atoms with Crippen molar-refractivity contribution >= 4 is 5.97 Å². The van der Waals surface area contributed by atoms with Crippen LogP contribution < -0.4 is 0 Å². The number of methoxy groups -OCH3 is 1. The molecule has 3 nitrogen and oxygen atoms in total. The maximum atomic E-state index is 12.8. The first kappa shape index (κ1) is 11.5. The average molecular weight is 219 g/mol. The van der Waals surface area contributed by atoms with Crippen molar-refractivity contribution in [2.75, 3.05) is 7.11 Å². The zero-order valence-corrected chi connectivity index (χ0v) is 7.78. The van der Waals surface area contributed by atoms with Gasteiger partial charge < -0.3 is 4.74 Å². The lowest BCUT2D eigenvalue weighted by Gasteiger charge is -2.07. The van der Waals surface area contributed by atoms with Gasteiger partial charge >= 0.3 is 5.97 Å². The van der Waals surface area contributed by atoms with Crippen LogP contribution in [0.2, 0.25) is 0 Å². The molecule has 0 aromatic carbocycles.